The molecule has 1 fully saturated rings. The van der Waals surface area contributed by atoms with Gasteiger partial charge in [0.25, 0.3) is 0 Å². The largest absolute Gasteiger partial charge is 0.378 e. The van der Waals surface area contributed by atoms with Crippen LogP contribution in [-0.2, 0) is 4.74 Å². The van der Waals surface area contributed by atoms with Gasteiger partial charge in [0.2, 0.25) is 0 Å². The monoisotopic (exact) mass is 252 g/mol. The topological polar surface area (TPSA) is 59.0 Å². The molecule has 1 rings (SSSR count). The Balaban J connectivity index is 2.12. The molecule has 0 heterocycles. The molecule has 0 aromatic carbocycles. The zero-order valence-electron chi connectivity index (χ0n) is 12.0. The van der Waals surface area contributed by atoms with Crippen molar-refractivity contribution in [1.29, 1.82) is 5.26 Å². The summed E-state index contributed by atoms with van der Waals surface area (Å²) < 4.78 is 6.01. The van der Waals surface area contributed by atoms with Crippen LogP contribution in [0.5, 0.6) is 0 Å². The lowest BCUT2D eigenvalue weighted by atomic mass is 9.85. The number of hydrogen-bond acceptors (Lipinski definition) is 3. The highest BCUT2D eigenvalue weighted by atomic mass is 16.5. The lowest BCUT2D eigenvalue weighted by Gasteiger charge is -2.30. The SMILES string of the molecule is CCC1CCCCC1OCCCCC(C)(N)C#N. The second-order valence-electron chi connectivity index (χ2n) is 5.85. The van der Waals surface area contributed by atoms with Gasteiger partial charge in [-0.05, 0) is 44.9 Å². The normalized spacial score (nSPS) is 27.4. The van der Waals surface area contributed by atoms with Gasteiger partial charge >= 0.3 is 0 Å². The van der Waals surface area contributed by atoms with Gasteiger partial charge in [0, 0.05) is 6.61 Å². The summed E-state index contributed by atoms with van der Waals surface area (Å²) in [4.78, 5) is 0. The fourth-order valence-electron chi connectivity index (χ4n) is 2.74. The number of rotatable bonds is 7. The number of nitriles is 1. The number of hydrogen-bond donors (Lipinski definition) is 1. The molecule has 3 heteroatoms. The molecule has 1 saturated carbocycles. The van der Waals surface area contributed by atoms with Gasteiger partial charge < -0.3 is 10.5 Å². The summed E-state index contributed by atoms with van der Waals surface area (Å²) in [6, 6.07) is 2.13. The Bertz CT molecular complexity index is 270. The van der Waals surface area contributed by atoms with Crippen LogP contribution in [0, 0.1) is 17.2 Å². The van der Waals surface area contributed by atoms with Crippen LogP contribution in [0.4, 0.5) is 0 Å². The molecule has 3 nitrogen and oxygen atoms in total. The Labute approximate surface area is 112 Å². The molecule has 0 amide bonds. The highest BCUT2D eigenvalue weighted by molar-refractivity contribution is 5.00. The maximum absolute atomic E-state index is 8.81. The zero-order chi connectivity index (χ0) is 13.4. The standard InChI is InChI=1S/C15H28N2O/c1-3-13-8-4-5-9-14(13)18-11-7-6-10-15(2,17)12-16/h13-14H,3-11,17H2,1-2H3. The van der Waals surface area contributed by atoms with E-state index in [2.05, 4.69) is 13.0 Å². The van der Waals surface area contributed by atoms with Crippen LogP contribution in [0.1, 0.15) is 65.2 Å². The van der Waals surface area contributed by atoms with Crippen LogP contribution in [0.2, 0.25) is 0 Å². The minimum absolute atomic E-state index is 0.476. The van der Waals surface area contributed by atoms with Crippen LogP contribution in [0.25, 0.3) is 0 Å². The van der Waals surface area contributed by atoms with Crippen molar-refractivity contribution in [3.63, 3.8) is 0 Å². The maximum Gasteiger partial charge on any atom is 0.101 e. The molecular formula is C15H28N2O. The van der Waals surface area contributed by atoms with Crippen LogP contribution < -0.4 is 5.73 Å². The minimum atomic E-state index is -0.670. The summed E-state index contributed by atoms with van der Waals surface area (Å²) in [5, 5.41) is 8.81. The maximum atomic E-state index is 8.81. The van der Waals surface area contributed by atoms with Crippen LogP contribution in [0.3, 0.4) is 0 Å². The second-order valence-corrected chi connectivity index (χ2v) is 5.85. The quantitative estimate of drug-likeness (QED) is 0.707. The van der Waals surface area contributed by atoms with Crippen molar-refractivity contribution in [1.82, 2.24) is 0 Å². The Morgan fingerprint density at radius 1 is 1.33 bits per heavy atom. The smallest absolute Gasteiger partial charge is 0.101 e. The van der Waals surface area contributed by atoms with Gasteiger partial charge in [-0.1, -0.05) is 26.2 Å². The van der Waals surface area contributed by atoms with E-state index in [1.165, 1.54) is 32.1 Å². The molecule has 3 unspecified atom stereocenters. The van der Waals surface area contributed by atoms with Crippen molar-refractivity contribution >= 4 is 0 Å². The van der Waals surface area contributed by atoms with E-state index in [1.54, 1.807) is 6.92 Å². The van der Waals surface area contributed by atoms with Gasteiger partial charge in [-0.2, -0.15) is 5.26 Å². The van der Waals surface area contributed by atoms with E-state index in [9.17, 15) is 0 Å². The minimum Gasteiger partial charge on any atom is -0.378 e. The van der Waals surface area contributed by atoms with Crippen molar-refractivity contribution in [2.45, 2.75) is 76.9 Å². The number of ether oxygens (including phenoxy) is 1. The molecule has 18 heavy (non-hydrogen) atoms. The van der Waals surface area contributed by atoms with E-state index in [1.807, 2.05) is 0 Å². The molecule has 104 valence electrons. The van der Waals surface area contributed by atoms with Crippen molar-refractivity contribution in [2.75, 3.05) is 6.61 Å². The van der Waals surface area contributed by atoms with E-state index >= 15 is 0 Å². The molecule has 1 aliphatic rings. The van der Waals surface area contributed by atoms with Gasteiger partial charge in [0.1, 0.15) is 5.54 Å². The third-order valence-electron chi connectivity index (χ3n) is 4.04. The molecule has 0 aromatic rings. The highest BCUT2D eigenvalue weighted by Gasteiger charge is 2.24. The number of nitrogens with two attached hydrogens (primary N) is 1. The summed E-state index contributed by atoms with van der Waals surface area (Å²) in [7, 11) is 0. The zero-order valence-corrected chi connectivity index (χ0v) is 12.0. The van der Waals surface area contributed by atoms with E-state index in [-0.39, 0.29) is 0 Å². The predicted octanol–water partition coefficient (Wildman–Crippen LogP) is 3.38. The first kappa shape index (κ1) is 15.5. The molecule has 0 aromatic heterocycles. The second kappa shape index (κ2) is 7.76. The summed E-state index contributed by atoms with van der Waals surface area (Å²) in [5.41, 5.74) is 5.11. The average Bonchev–Trinajstić information content (AvgIpc) is 2.38. The third kappa shape index (κ3) is 5.37. The van der Waals surface area contributed by atoms with Gasteiger partial charge in [-0.15, -0.1) is 0 Å². The van der Waals surface area contributed by atoms with Gasteiger partial charge in [-0.3, -0.25) is 0 Å². The van der Waals surface area contributed by atoms with Crippen LogP contribution >= 0.6 is 0 Å². The van der Waals surface area contributed by atoms with Gasteiger partial charge in [-0.25, -0.2) is 0 Å². The third-order valence-corrected chi connectivity index (χ3v) is 4.04. The van der Waals surface area contributed by atoms with Crippen molar-refractivity contribution in [2.24, 2.45) is 11.7 Å². The molecule has 2 N–H and O–H groups in total. The van der Waals surface area contributed by atoms with Gasteiger partial charge in [0.05, 0.1) is 12.2 Å². The summed E-state index contributed by atoms with van der Waals surface area (Å²) >= 11 is 0. The Morgan fingerprint density at radius 3 is 2.72 bits per heavy atom. The van der Waals surface area contributed by atoms with Crippen molar-refractivity contribution in [3.05, 3.63) is 0 Å². The Morgan fingerprint density at radius 2 is 2.06 bits per heavy atom. The molecule has 0 radical (unpaired) electrons. The fourth-order valence-corrected chi connectivity index (χ4v) is 2.74. The van der Waals surface area contributed by atoms with E-state index in [0.29, 0.717) is 6.10 Å². The highest BCUT2D eigenvalue weighted by Crippen LogP contribution is 2.29. The van der Waals surface area contributed by atoms with Crippen molar-refractivity contribution in [3.8, 4) is 6.07 Å². The first-order valence-electron chi connectivity index (χ1n) is 7.41. The number of unbranched alkanes of at least 4 members (excludes halogenated alkanes) is 1. The number of nitrogens with zero attached hydrogens (tertiary/aromatic N) is 1. The molecule has 0 aliphatic heterocycles. The summed E-state index contributed by atoms with van der Waals surface area (Å²) in [5.74, 6) is 0.762. The van der Waals surface area contributed by atoms with E-state index < -0.39 is 5.54 Å². The van der Waals surface area contributed by atoms with E-state index in [0.717, 1.165) is 31.8 Å². The fraction of sp³-hybridized carbons (Fsp3) is 0.933. The van der Waals surface area contributed by atoms with Gasteiger partial charge in [0.15, 0.2) is 0 Å². The summed E-state index contributed by atoms with van der Waals surface area (Å²) in [6.07, 6.45) is 9.70. The first-order valence-corrected chi connectivity index (χ1v) is 7.41. The van der Waals surface area contributed by atoms with Crippen LogP contribution in [0.15, 0.2) is 0 Å². The average molecular weight is 252 g/mol. The summed E-state index contributed by atoms with van der Waals surface area (Å²) in [6.45, 7) is 4.88. The Hall–Kier alpha value is -0.590. The molecule has 1 aliphatic carbocycles. The van der Waals surface area contributed by atoms with E-state index in [4.69, 9.17) is 15.7 Å². The molecule has 3 atom stereocenters. The molecule has 0 saturated heterocycles. The van der Waals surface area contributed by atoms with Crippen LogP contribution in [-0.4, -0.2) is 18.2 Å². The molecule has 0 bridgehead atoms. The Kier molecular flexibility index (Phi) is 6.67. The van der Waals surface area contributed by atoms with Crippen molar-refractivity contribution < 1.29 is 4.74 Å². The molecular weight excluding hydrogens is 224 g/mol. The lowest BCUT2D eigenvalue weighted by Crippen LogP contribution is -2.34. The molecule has 0 spiro atoms. The lowest BCUT2D eigenvalue weighted by molar-refractivity contribution is -0.0136. The predicted molar refractivity (Wildman–Crippen MR) is 74.0 cm³/mol. The first-order chi connectivity index (χ1) is 8.59.